The van der Waals surface area contributed by atoms with Gasteiger partial charge in [-0.15, -0.1) is 0 Å². The summed E-state index contributed by atoms with van der Waals surface area (Å²) in [6, 6.07) is 0.322. The van der Waals surface area contributed by atoms with Crippen molar-refractivity contribution >= 4 is 12.6 Å². The van der Waals surface area contributed by atoms with E-state index >= 15 is 0 Å². The average molecular weight is 161 g/mol. The number of likely N-dealkylation sites (N-methyl/N-ethyl adjacent to an activating group) is 1. The number of hydrogen-bond donors (Lipinski definition) is 2. The molecule has 1 fully saturated rings. The molecule has 2 nitrogen and oxygen atoms in total. The van der Waals surface area contributed by atoms with Crippen molar-refractivity contribution in [2.24, 2.45) is 0 Å². The zero-order valence-electron chi connectivity index (χ0n) is 6.49. The number of rotatable bonds is 1. The third-order valence-electron chi connectivity index (χ3n) is 2.14. The lowest BCUT2D eigenvalue weighted by molar-refractivity contribution is 0.101. The van der Waals surface area contributed by atoms with Crippen LogP contribution in [0.1, 0.15) is 13.3 Å². The van der Waals surface area contributed by atoms with Gasteiger partial charge >= 0.3 is 0 Å². The molecule has 1 N–H and O–H groups in total. The lowest BCUT2D eigenvalue weighted by Gasteiger charge is -2.21. The Morgan fingerprint density at radius 3 is 2.50 bits per heavy atom. The van der Waals surface area contributed by atoms with Crippen molar-refractivity contribution in [3.8, 4) is 0 Å². The second-order valence-electron chi connectivity index (χ2n) is 3.14. The molecule has 3 heteroatoms. The quantitative estimate of drug-likeness (QED) is 0.543. The van der Waals surface area contributed by atoms with Crippen molar-refractivity contribution in [3.63, 3.8) is 0 Å². The lowest BCUT2D eigenvalue weighted by Crippen LogP contribution is -2.34. The van der Waals surface area contributed by atoms with E-state index in [2.05, 4.69) is 17.5 Å². The monoisotopic (exact) mass is 161 g/mol. The summed E-state index contributed by atoms with van der Waals surface area (Å²) in [7, 11) is 2.04. The number of hydrogen-bond acceptors (Lipinski definition) is 3. The number of aliphatic hydroxyl groups is 1. The third-order valence-corrected chi connectivity index (χ3v) is 2.51. The maximum Gasteiger partial charge on any atom is 0.0667 e. The summed E-state index contributed by atoms with van der Waals surface area (Å²) in [6.45, 7) is 2.84. The smallest absolute Gasteiger partial charge is 0.0667 e. The van der Waals surface area contributed by atoms with Gasteiger partial charge in [-0.1, -0.05) is 0 Å². The van der Waals surface area contributed by atoms with Crippen molar-refractivity contribution in [3.05, 3.63) is 0 Å². The van der Waals surface area contributed by atoms with E-state index in [0.29, 0.717) is 11.3 Å². The zero-order chi connectivity index (χ0) is 7.72. The molecule has 1 heterocycles. The van der Waals surface area contributed by atoms with Gasteiger partial charge in [-0.3, -0.25) is 4.90 Å². The summed E-state index contributed by atoms with van der Waals surface area (Å²) >= 11 is 4.35. The largest absolute Gasteiger partial charge is 0.392 e. The van der Waals surface area contributed by atoms with Crippen LogP contribution in [0.3, 0.4) is 0 Å². The predicted octanol–water partition coefficient (Wildman–Crippen LogP) is 0.370. The number of aliphatic hydroxyl groups excluding tert-OH is 1. The van der Waals surface area contributed by atoms with E-state index in [-0.39, 0.29) is 6.10 Å². The Labute approximate surface area is 67.6 Å². The molecule has 0 aromatic carbocycles. The highest BCUT2D eigenvalue weighted by atomic mass is 32.1. The van der Waals surface area contributed by atoms with E-state index in [4.69, 9.17) is 0 Å². The Kier molecular flexibility index (Phi) is 2.61. The molecule has 0 aliphatic carbocycles. The van der Waals surface area contributed by atoms with Crippen LogP contribution in [-0.2, 0) is 0 Å². The molecular weight excluding hydrogens is 146 g/mol. The number of likely N-dealkylation sites (tertiary alicyclic amines) is 1. The topological polar surface area (TPSA) is 23.5 Å². The molecule has 3 unspecified atom stereocenters. The van der Waals surface area contributed by atoms with Gasteiger partial charge in [0.15, 0.2) is 0 Å². The second kappa shape index (κ2) is 3.11. The number of nitrogens with zero attached hydrogens (tertiary/aromatic N) is 1. The van der Waals surface area contributed by atoms with Gasteiger partial charge in [0, 0.05) is 17.8 Å². The first-order valence-electron chi connectivity index (χ1n) is 3.67. The third kappa shape index (κ3) is 1.65. The van der Waals surface area contributed by atoms with Crippen molar-refractivity contribution in [2.45, 2.75) is 30.7 Å². The van der Waals surface area contributed by atoms with Crippen molar-refractivity contribution in [2.75, 3.05) is 13.6 Å². The van der Waals surface area contributed by atoms with Crippen LogP contribution in [0.5, 0.6) is 0 Å². The van der Waals surface area contributed by atoms with E-state index in [1.165, 1.54) is 0 Å². The Hall–Kier alpha value is 0.270. The molecule has 10 heavy (non-hydrogen) atoms. The highest BCUT2D eigenvalue weighted by molar-refractivity contribution is 7.81. The summed E-state index contributed by atoms with van der Waals surface area (Å²) in [5, 5.41) is 9.71. The molecule has 1 aliphatic rings. The first-order valence-corrected chi connectivity index (χ1v) is 4.19. The first kappa shape index (κ1) is 8.37. The fraction of sp³-hybridized carbons (Fsp3) is 1.00. The van der Waals surface area contributed by atoms with E-state index in [1.54, 1.807) is 0 Å². The molecule has 0 radical (unpaired) electrons. The molecule has 0 saturated carbocycles. The van der Waals surface area contributed by atoms with Crippen molar-refractivity contribution < 1.29 is 5.11 Å². The fourth-order valence-corrected chi connectivity index (χ4v) is 2.04. The molecule has 0 bridgehead atoms. The second-order valence-corrected chi connectivity index (χ2v) is 3.87. The molecule has 1 aliphatic heterocycles. The summed E-state index contributed by atoms with van der Waals surface area (Å²) in [4.78, 5) is 2.17. The highest BCUT2D eigenvalue weighted by Crippen LogP contribution is 2.21. The van der Waals surface area contributed by atoms with Gasteiger partial charge in [0.2, 0.25) is 0 Å². The first-order chi connectivity index (χ1) is 4.61. The van der Waals surface area contributed by atoms with Gasteiger partial charge in [0.25, 0.3) is 0 Å². The number of thiol groups is 1. The minimum absolute atomic E-state index is 0.220. The molecule has 0 amide bonds. The Bertz CT molecular complexity index is 118. The van der Waals surface area contributed by atoms with E-state index in [1.807, 2.05) is 14.0 Å². The standard InChI is InChI=1S/C7H15NOS/c1-5(9)7-3-6(10)4-8(7)2/h5-7,9-10H,3-4H2,1-2H3. The van der Waals surface area contributed by atoms with Gasteiger partial charge in [-0.05, 0) is 20.4 Å². The molecule has 60 valence electrons. The highest BCUT2D eigenvalue weighted by Gasteiger charge is 2.30. The van der Waals surface area contributed by atoms with Crippen LogP contribution in [0.15, 0.2) is 0 Å². The molecule has 3 atom stereocenters. The van der Waals surface area contributed by atoms with Crippen LogP contribution in [0, 0.1) is 0 Å². The molecule has 0 aromatic heterocycles. The van der Waals surface area contributed by atoms with Crippen LogP contribution in [0.25, 0.3) is 0 Å². The van der Waals surface area contributed by atoms with E-state index < -0.39 is 0 Å². The minimum Gasteiger partial charge on any atom is -0.392 e. The van der Waals surface area contributed by atoms with E-state index in [9.17, 15) is 5.11 Å². The minimum atomic E-state index is -0.220. The predicted molar refractivity (Wildman–Crippen MR) is 45.5 cm³/mol. The van der Waals surface area contributed by atoms with Crippen LogP contribution >= 0.6 is 12.6 Å². The van der Waals surface area contributed by atoms with Gasteiger partial charge in [0.05, 0.1) is 6.10 Å². The summed E-state index contributed by atoms with van der Waals surface area (Å²) in [5.41, 5.74) is 0. The summed E-state index contributed by atoms with van der Waals surface area (Å²) in [5.74, 6) is 0. The van der Waals surface area contributed by atoms with E-state index in [0.717, 1.165) is 13.0 Å². The molecule has 1 saturated heterocycles. The Balaban J connectivity index is 2.46. The molecule has 0 spiro atoms. The maximum absolute atomic E-state index is 9.26. The fourth-order valence-electron chi connectivity index (χ4n) is 1.57. The summed E-state index contributed by atoms with van der Waals surface area (Å²) in [6.07, 6.45) is 0.791. The molecular formula is C7H15NOS. The Morgan fingerprint density at radius 2 is 2.30 bits per heavy atom. The van der Waals surface area contributed by atoms with Crippen LogP contribution in [-0.4, -0.2) is 41.0 Å². The normalized spacial score (nSPS) is 38.4. The maximum atomic E-state index is 9.26. The van der Waals surface area contributed by atoms with Gasteiger partial charge in [-0.2, -0.15) is 12.6 Å². The average Bonchev–Trinajstić information content (AvgIpc) is 2.10. The zero-order valence-corrected chi connectivity index (χ0v) is 7.38. The van der Waals surface area contributed by atoms with Crippen LogP contribution in [0.2, 0.25) is 0 Å². The van der Waals surface area contributed by atoms with Gasteiger partial charge < -0.3 is 5.11 Å². The lowest BCUT2D eigenvalue weighted by atomic mass is 10.1. The van der Waals surface area contributed by atoms with Crippen molar-refractivity contribution in [1.29, 1.82) is 0 Å². The molecule has 1 rings (SSSR count). The van der Waals surface area contributed by atoms with Gasteiger partial charge in [0.1, 0.15) is 0 Å². The summed E-state index contributed by atoms with van der Waals surface area (Å²) < 4.78 is 0. The van der Waals surface area contributed by atoms with Crippen LogP contribution < -0.4 is 0 Å². The SMILES string of the molecule is CC(O)C1CC(S)CN1C. The van der Waals surface area contributed by atoms with Crippen LogP contribution in [0.4, 0.5) is 0 Å². The Morgan fingerprint density at radius 1 is 1.70 bits per heavy atom. The molecule has 0 aromatic rings. The van der Waals surface area contributed by atoms with Crippen molar-refractivity contribution in [1.82, 2.24) is 4.90 Å². The van der Waals surface area contributed by atoms with Gasteiger partial charge in [-0.25, -0.2) is 0 Å².